The van der Waals surface area contributed by atoms with Crippen LogP contribution in [0.5, 0.6) is 0 Å². The van der Waals surface area contributed by atoms with Crippen molar-refractivity contribution in [3.8, 4) is 0 Å². The zero-order valence-electron chi connectivity index (χ0n) is 10.9. The first-order chi connectivity index (χ1) is 8.65. The molecular weight excluding hydrogens is 232 g/mol. The molecule has 1 fully saturated rings. The minimum atomic E-state index is -0.444. The SMILES string of the molecule is CCC1CNC=C([C@@H]2C[C@H]2C(=O)CC(=O)OC)N1. The Bertz CT molecular complexity index is 378. The average molecular weight is 252 g/mol. The van der Waals surface area contributed by atoms with Crippen molar-refractivity contribution in [2.45, 2.75) is 32.2 Å². The summed E-state index contributed by atoms with van der Waals surface area (Å²) in [6.07, 6.45) is 3.75. The maximum Gasteiger partial charge on any atom is 0.313 e. The van der Waals surface area contributed by atoms with Crippen LogP contribution < -0.4 is 10.6 Å². The number of rotatable bonds is 5. The molecule has 1 heterocycles. The second-order valence-electron chi connectivity index (χ2n) is 4.93. The number of allylic oxidation sites excluding steroid dienone is 1. The maximum absolute atomic E-state index is 11.8. The van der Waals surface area contributed by atoms with Gasteiger partial charge in [-0.2, -0.15) is 0 Å². The van der Waals surface area contributed by atoms with E-state index in [1.165, 1.54) is 7.11 Å². The van der Waals surface area contributed by atoms with E-state index in [2.05, 4.69) is 22.3 Å². The van der Waals surface area contributed by atoms with E-state index in [1.54, 1.807) is 0 Å². The second kappa shape index (κ2) is 5.42. The van der Waals surface area contributed by atoms with Crippen LogP contribution in [0.15, 0.2) is 11.9 Å². The molecule has 18 heavy (non-hydrogen) atoms. The third-order valence-electron chi connectivity index (χ3n) is 3.64. The Kier molecular flexibility index (Phi) is 3.89. The van der Waals surface area contributed by atoms with Crippen molar-refractivity contribution >= 4 is 11.8 Å². The number of methoxy groups -OCH3 is 1. The third-order valence-corrected chi connectivity index (χ3v) is 3.64. The smallest absolute Gasteiger partial charge is 0.313 e. The van der Waals surface area contributed by atoms with Crippen molar-refractivity contribution in [3.05, 3.63) is 11.9 Å². The van der Waals surface area contributed by atoms with Crippen LogP contribution in [0.2, 0.25) is 0 Å². The van der Waals surface area contributed by atoms with Crippen LogP contribution >= 0.6 is 0 Å². The molecule has 0 aromatic carbocycles. The standard InChI is InChI=1S/C13H20N2O3/c1-3-8-6-14-7-11(15-8)9-4-10(9)12(16)5-13(17)18-2/h7-10,14-15H,3-6H2,1-2H3/t8?,9-,10-/m1/s1. The second-order valence-corrected chi connectivity index (χ2v) is 4.93. The zero-order valence-corrected chi connectivity index (χ0v) is 10.9. The molecule has 0 saturated heterocycles. The molecule has 0 amide bonds. The monoisotopic (exact) mass is 252 g/mol. The van der Waals surface area contributed by atoms with Gasteiger partial charge in [0.1, 0.15) is 12.2 Å². The van der Waals surface area contributed by atoms with Crippen molar-refractivity contribution in [1.29, 1.82) is 0 Å². The number of hydrogen-bond donors (Lipinski definition) is 2. The van der Waals surface area contributed by atoms with Crippen molar-refractivity contribution in [1.82, 2.24) is 10.6 Å². The first-order valence-corrected chi connectivity index (χ1v) is 6.45. The number of carbonyl (C=O) groups excluding carboxylic acids is 2. The molecular formula is C13H20N2O3. The van der Waals surface area contributed by atoms with E-state index in [9.17, 15) is 9.59 Å². The molecule has 2 N–H and O–H groups in total. The molecule has 5 nitrogen and oxygen atoms in total. The maximum atomic E-state index is 11.8. The molecule has 1 saturated carbocycles. The Hall–Kier alpha value is -1.52. The molecule has 0 bridgehead atoms. The van der Waals surface area contributed by atoms with E-state index in [4.69, 9.17) is 0 Å². The predicted molar refractivity (Wildman–Crippen MR) is 66.5 cm³/mol. The van der Waals surface area contributed by atoms with Gasteiger partial charge in [-0.25, -0.2) is 0 Å². The molecule has 0 spiro atoms. The number of ketones is 1. The molecule has 5 heteroatoms. The minimum Gasteiger partial charge on any atom is -0.469 e. The van der Waals surface area contributed by atoms with Gasteiger partial charge in [-0.05, 0) is 12.8 Å². The van der Waals surface area contributed by atoms with Crippen molar-refractivity contribution in [3.63, 3.8) is 0 Å². The number of ether oxygens (including phenoxy) is 1. The number of nitrogens with one attached hydrogen (secondary N) is 2. The van der Waals surface area contributed by atoms with Gasteiger partial charge in [-0.3, -0.25) is 9.59 Å². The fourth-order valence-electron chi connectivity index (χ4n) is 2.34. The lowest BCUT2D eigenvalue weighted by Gasteiger charge is -2.25. The summed E-state index contributed by atoms with van der Waals surface area (Å²) in [7, 11) is 1.31. The van der Waals surface area contributed by atoms with Crippen LogP contribution in [0.1, 0.15) is 26.2 Å². The molecule has 0 aromatic rings. The molecule has 1 unspecified atom stereocenters. The van der Waals surface area contributed by atoms with E-state index < -0.39 is 5.97 Å². The average Bonchev–Trinajstić information content (AvgIpc) is 3.19. The highest BCUT2D eigenvalue weighted by Crippen LogP contribution is 2.44. The summed E-state index contributed by atoms with van der Waals surface area (Å²) in [6.45, 7) is 3.06. The van der Waals surface area contributed by atoms with Crippen LogP contribution in [0.25, 0.3) is 0 Å². The van der Waals surface area contributed by atoms with E-state index in [1.807, 2.05) is 6.20 Å². The van der Waals surface area contributed by atoms with Gasteiger partial charge in [0, 0.05) is 36.3 Å². The Morgan fingerprint density at radius 3 is 2.94 bits per heavy atom. The van der Waals surface area contributed by atoms with E-state index in [0.717, 1.165) is 25.1 Å². The Morgan fingerprint density at radius 1 is 1.50 bits per heavy atom. The summed E-state index contributed by atoms with van der Waals surface area (Å²) in [5.74, 6) is -0.210. The highest BCUT2D eigenvalue weighted by atomic mass is 16.5. The molecule has 1 aliphatic heterocycles. The topological polar surface area (TPSA) is 67.4 Å². The summed E-state index contributed by atoms with van der Waals surface area (Å²) in [5.41, 5.74) is 1.11. The van der Waals surface area contributed by atoms with E-state index >= 15 is 0 Å². The van der Waals surface area contributed by atoms with Gasteiger partial charge >= 0.3 is 5.97 Å². The normalized spacial score (nSPS) is 29.7. The molecule has 0 radical (unpaired) electrons. The van der Waals surface area contributed by atoms with Crippen LogP contribution in [0, 0.1) is 11.8 Å². The van der Waals surface area contributed by atoms with E-state index in [-0.39, 0.29) is 24.0 Å². The highest BCUT2D eigenvalue weighted by Gasteiger charge is 2.46. The first kappa shape index (κ1) is 12.9. The van der Waals surface area contributed by atoms with Crippen molar-refractivity contribution in [2.24, 2.45) is 11.8 Å². The lowest BCUT2D eigenvalue weighted by molar-refractivity contribution is -0.143. The quantitative estimate of drug-likeness (QED) is 0.553. The summed E-state index contributed by atoms with van der Waals surface area (Å²) >= 11 is 0. The lowest BCUT2D eigenvalue weighted by Crippen LogP contribution is -2.41. The van der Waals surface area contributed by atoms with Crippen LogP contribution in [0.4, 0.5) is 0 Å². The first-order valence-electron chi connectivity index (χ1n) is 6.45. The van der Waals surface area contributed by atoms with Gasteiger partial charge in [-0.1, -0.05) is 6.92 Å². The van der Waals surface area contributed by atoms with Crippen LogP contribution in [-0.4, -0.2) is 31.4 Å². The van der Waals surface area contributed by atoms with Crippen molar-refractivity contribution < 1.29 is 14.3 Å². The predicted octanol–water partition coefficient (Wildman–Crippen LogP) is 0.567. The lowest BCUT2D eigenvalue weighted by atomic mass is 10.1. The minimum absolute atomic E-state index is 0.00632. The van der Waals surface area contributed by atoms with Gasteiger partial charge in [0.15, 0.2) is 0 Å². The molecule has 2 aliphatic rings. The molecule has 3 atom stereocenters. The number of esters is 1. The van der Waals surface area contributed by atoms with Gasteiger partial charge < -0.3 is 15.4 Å². The fraction of sp³-hybridized carbons (Fsp3) is 0.692. The summed E-state index contributed by atoms with van der Waals surface area (Å²) in [4.78, 5) is 22.9. The molecule has 0 aromatic heterocycles. The van der Waals surface area contributed by atoms with Gasteiger partial charge in [-0.15, -0.1) is 0 Å². The van der Waals surface area contributed by atoms with Gasteiger partial charge in [0.2, 0.25) is 0 Å². The largest absolute Gasteiger partial charge is 0.469 e. The number of Topliss-reactive ketones (excluding diaryl/α,β-unsaturated/α-hetero) is 1. The molecule has 2 rings (SSSR count). The molecule has 1 aliphatic carbocycles. The van der Waals surface area contributed by atoms with Crippen LogP contribution in [0.3, 0.4) is 0 Å². The fourth-order valence-corrected chi connectivity index (χ4v) is 2.34. The molecule has 100 valence electrons. The van der Waals surface area contributed by atoms with Crippen molar-refractivity contribution in [2.75, 3.05) is 13.7 Å². The number of hydrogen-bond acceptors (Lipinski definition) is 5. The zero-order chi connectivity index (χ0) is 13.1. The van der Waals surface area contributed by atoms with Gasteiger partial charge in [0.25, 0.3) is 0 Å². The van der Waals surface area contributed by atoms with Gasteiger partial charge in [0.05, 0.1) is 7.11 Å². The Labute approximate surface area is 107 Å². The summed E-state index contributed by atoms with van der Waals surface area (Å²) in [6, 6.07) is 0.432. The summed E-state index contributed by atoms with van der Waals surface area (Å²) in [5, 5.41) is 6.69. The van der Waals surface area contributed by atoms with Crippen LogP contribution in [-0.2, 0) is 14.3 Å². The Balaban J connectivity index is 1.85. The third kappa shape index (κ3) is 2.83. The number of carbonyl (C=O) groups is 2. The summed E-state index contributed by atoms with van der Waals surface area (Å²) < 4.78 is 4.51. The highest BCUT2D eigenvalue weighted by molar-refractivity contribution is 5.98. The Morgan fingerprint density at radius 2 is 2.28 bits per heavy atom. The van der Waals surface area contributed by atoms with E-state index in [0.29, 0.717) is 6.04 Å².